The number of likely N-dealkylation sites (N-methyl/N-ethyl adjacent to an activating group) is 1. The second-order valence-electron chi connectivity index (χ2n) is 20.6. The lowest BCUT2D eigenvalue weighted by atomic mass is 9.90. The molecule has 0 aromatic heterocycles. The molecule has 0 spiro atoms. The Morgan fingerprint density at radius 1 is 0.798 bits per heavy atom. The van der Waals surface area contributed by atoms with E-state index in [0.717, 1.165) is 37.1 Å². The van der Waals surface area contributed by atoms with Crippen molar-refractivity contribution >= 4 is 89.9 Å². The van der Waals surface area contributed by atoms with Gasteiger partial charge < -0.3 is 58.6 Å². The zero-order valence-electron chi connectivity index (χ0n) is 46.9. The number of Topliss-reactive ketones (excluding diaryl/α,β-unsaturated/α-hetero) is 2. The molecule has 4 heterocycles. The average molecular weight is 1230 g/mol. The monoisotopic (exact) mass is 1230 g/mol. The molecule has 6 N–H and O–H groups in total. The van der Waals surface area contributed by atoms with Crippen LogP contribution in [0.5, 0.6) is 0 Å². The number of aryl methyl sites for hydroxylation is 1. The molecular weight excluding hydrogens is 1160 g/mol. The molecule has 84 heavy (non-hydrogen) atoms. The number of rotatable bonds is 35. The van der Waals surface area contributed by atoms with Crippen LogP contribution in [0.3, 0.4) is 0 Å². The van der Waals surface area contributed by atoms with E-state index in [2.05, 4.69) is 10.6 Å². The van der Waals surface area contributed by atoms with Crippen LogP contribution in [0.1, 0.15) is 106 Å². The number of carbonyl (C=O) groups excluding carboxylic acids is 7. The first-order chi connectivity index (χ1) is 40.1. The highest BCUT2D eigenvalue weighted by Crippen LogP contribution is 2.46. The molecule has 0 saturated carbocycles. The van der Waals surface area contributed by atoms with Gasteiger partial charge in [0.25, 0.3) is 17.7 Å². The van der Waals surface area contributed by atoms with Crippen LogP contribution in [0.4, 0.5) is 10.5 Å². The minimum Gasteiger partial charge on any atom is -0.744 e. The van der Waals surface area contributed by atoms with Gasteiger partial charge in [-0.25, -0.2) is 26.4 Å². The van der Waals surface area contributed by atoms with Crippen LogP contribution in [0.25, 0.3) is 33.4 Å². The molecule has 4 aliphatic heterocycles. The summed E-state index contributed by atoms with van der Waals surface area (Å²) in [6.45, 7) is 6.74. The summed E-state index contributed by atoms with van der Waals surface area (Å²) in [6.07, 6.45) is 4.66. The van der Waals surface area contributed by atoms with E-state index in [1.165, 1.54) is 30.3 Å². The molecule has 25 nitrogen and oxygen atoms in total. The maximum Gasteiger partial charge on any atom is 0.336 e. The number of benzene rings is 3. The van der Waals surface area contributed by atoms with Gasteiger partial charge >= 0.3 is 12.0 Å². The van der Waals surface area contributed by atoms with E-state index in [0.29, 0.717) is 93.1 Å². The molecule has 458 valence electrons. The number of ketones is 2. The summed E-state index contributed by atoms with van der Waals surface area (Å²) in [7, 11) is -10.7. The van der Waals surface area contributed by atoms with Crippen molar-refractivity contribution < 1.29 is 93.1 Å². The first kappa shape index (κ1) is 65.2. The Balaban J connectivity index is 0.789. The van der Waals surface area contributed by atoms with Crippen LogP contribution in [-0.4, -0.2) is 166 Å². The summed E-state index contributed by atoms with van der Waals surface area (Å²) >= 11 is 1.92. The molecule has 3 fully saturated rings. The molecule has 0 bridgehead atoms. The molecule has 1 aliphatic carbocycles. The zero-order valence-corrected chi connectivity index (χ0v) is 49.3. The van der Waals surface area contributed by atoms with Gasteiger partial charge in [0.2, 0.25) is 5.36 Å². The highest BCUT2D eigenvalue weighted by Gasteiger charge is 2.47. The van der Waals surface area contributed by atoms with Gasteiger partial charge in [-0.1, -0.05) is 18.9 Å². The summed E-state index contributed by atoms with van der Waals surface area (Å²) in [5.74, 6) is -3.61. The topological polar surface area (TPSA) is 375 Å². The van der Waals surface area contributed by atoms with E-state index in [1.54, 1.807) is 6.92 Å². The number of fused-ring (bicyclic) bond motifs is 3. The Morgan fingerprint density at radius 2 is 1.44 bits per heavy atom. The van der Waals surface area contributed by atoms with Crippen LogP contribution in [-0.2, 0) is 68.0 Å². The van der Waals surface area contributed by atoms with Crippen LogP contribution < -0.4 is 27.1 Å². The second-order valence-corrected chi connectivity index (χ2v) is 24.5. The quantitative estimate of drug-likeness (QED) is 0.0128. The summed E-state index contributed by atoms with van der Waals surface area (Å²) in [5, 5.41) is 12.1. The Hall–Kier alpha value is -6.37. The number of hydrogen-bond donors (Lipinski definition) is 4. The molecule has 0 radical (unpaired) electrons. The van der Waals surface area contributed by atoms with Gasteiger partial charge in [0, 0.05) is 97.4 Å². The Bertz CT molecular complexity index is 3320. The first-order valence-electron chi connectivity index (χ1n) is 27.9. The van der Waals surface area contributed by atoms with Crippen molar-refractivity contribution in [3.8, 4) is 22.5 Å². The molecule has 4 atom stereocenters. The Labute approximate surface area is 490 Å². The predicted octanol–water partition coefficient (Wildman–Crippen LogP) is 2.91. The number of urea groups is 1. The minimum atomic E-state index is -5.34. The number of ether oxygens (including phenoxy) is 4. The number of nitrogen functional groups attached to an aromatic ring is 1. The molecule has 2 aromatic carbocycles. The van der Waals surface area contributed by atoms with Crippen LogP contribution >= 0.6 is 11.8 Å². The van der Waals surface area contributed by atoms with E-state index in [4.69, 9.17) is 39.3 Å². The molecule has 3 saturated heterocycles. The zero-order chi connectivity index (χ0) is 60.7. The molecule has 2 aromatic rings. The Kier molecular flexibility index (Phi) is 23.4. The largest absolute Gasteiger partial charge is 0.744 e. The van der Waals surface area contributed by atoms with E-state index in [9.17, 15) is 59.5 Å². The van der Waals surface area contributed by atoms with Gasteiger partial charge in [0.15, 0.2) is 16.2 Å². The maximum absolute atomic E-state index is 13.4. The van der Waals surface area contributed by atoms with Crippen molar-refractivity contribution in [3.05, 3.63) is 58.9 Å². The van der Waals surface area contributed by atoms with Crippen molar-refractivity contribution in [3.63, 3.8) is 0 Å². The summed E-state index contributed by atoms with van der Waals surface area (Å²) in [5.41, 5.74) is 5.87. The maximum atomic E-state index is 13.4. The highest BCUT2D eigenvalue weighted by atomic mass is 32.2. The van der Waals surface area contributed by atoms with Crippen molar-refractivity contribution in [2.24, 2.45) is 5.92 Å². The molecule has 0 unspecified atom stereocenters. The van der Waals surface area contributed by atoms with Crippen molar-refractivity contribution in [2.75, 3.05) is 77.4 Å². The lowest BCUT2D eigenvalue weighted by Gasteiger charge is -2.26. The number of nitrogens with two attached hydrogens (primary N) is 2. The van der Waals surface area contributed by atoms with Gasteiger partial charge in [-0.2, -0.15) is 11.8 Å². The van der Waals surface area contributed by atoms with E-state index >= 15 is 0 Å². The number of hydroxylamine groups is 2. The predicted molar refractivity (Wildman–Crippen MR) is 300 cm³/mol. The number of nitrogens with zero attached hydrogens (tertiary/aromatic N) is 2. The van der Waals surface area contributed by atoms with Crippen LogP contribution in [0.15, 0.2) is 56.7 Å². The van der Waals surface area contributed by atoms with Gasteiger partial charge in [-0.3, -0.25) is 29.4 Å². The van der Waals surface area contributed by atoms with Gasteiger partial charge in [0.05, 0.1) is 69.9 Å². The number of hydrogen-bond acceptors (Lipinski definition) is 21. The number of amides is 5. The SMILES string of the molecule is CCN1C(=O)N[C@H]2CS[C@@H](CCCCC(=O)CCCOCCOCCOCCOCCC(=O)C[C@@H](CCCCNC(=O)c3ccc(-c4c5ccc(=[NH2+])c(S(=O)(=O)[O-])c-5oc5c(S(=O)(=O)[O-])c(N)ccc45)c(C)c3)C(=O)ON3C(=O)CCC3=O)[C@H]21. The number of unbranched alkanes of at least 4 members (excludes halogenated alkanes) is 2. The van der Waals surface area contributed by atoms with E-state index in [1.807, 2.05) is 23.6 Å². The molecule has 5 aliphatic rings. The standard InChI is InChI=1S/C56H72N6O19S3/c1-3-61-49-44(60-56(61)69)33-82-45(49)12-5-4-10-37(63)11-8-23-76-25-27-78-29-30-79-28-26-77-24-21-38(64)32-36(55(68)81-62-46(65)19-20-47(62)66)9-6-7-22-59-54(67)35-13-14-39(34(2)31-35)48-40-15-17-42(57)52(83(70,71)72)50(40)80-51-41(48)16-18-43(58)53(51)84(73,74)75/h13-18,31,36,44-45,49,57H,3-12,19-30,32-33,58H2,1-2H3,(H,59,67)(H,60,69)(H,70,71,72)(H,73,74,75)/p-1/t36-,44+,45+,49+/m1/s1. The fourth-order valence-corrected chi connectivity index (χ4v) is 13.6. The fraction of sp³-hybridized carbons (Fsp3) is 0.536. The third-order valence-corrected chi connectivity index (χ3v) is 18.0. The third-order valence-electron chi connectivity index (χ3n) is 14.7. The van der Waals surface area contributed by atoms with Gasteiger partial charge in [-0.05, 0) is 87.4 Å². The average Bonchev–Trinajstić information content (AvgIpc) is 1.72. The van der Waals surface area contributed by atoms with Gasteiger partial charge in [-0.15, -0.1) is 5.06 Å². The second kappa shape index (κ2) is 30.1. The number of imide groups is 1. The summed E-state index contributed by atoms with van der Waals surface area (Å²) in [4.78, 5) is 94.0. The van der Waals surface area contributed by atoms with Crippen LogP contribution in [0, 0.1) is 12.8 Å². The smallest absolute Gasteiger partial charge is 0.336 e. The summed E-state index contributed by atoms with van der Waals surface area (Å²) in [6, 6.07) is 10.00. The lowest BCUT2D eigenvalue weighted by Crippen LogP contribution is -2.47. The molecule has 7 rings (SSSR count). The fourth-order valence-electron chi connectivity index (χ4n) is 10.5. The normalized spacial score (nSPS) is 17.5. The van der Waals surface area contributed by atoms with E-state index < -0.39 is 82.0 Å². The number of nitrogens with one attached hydrogen (secondary N) is 2. The molecule has 5 amide bonds. The molecular formula is C56H71N6O19S3-. The minimum absolute atomic E-state index is 0.0149. The lowest BCUT2D eigenvalue weighted by molar-refractivity contribution is -0.201. The van der Waals surface area contributed by atoms with Crippen molar-refractivity contribution in [1.29, 1.82) is 0 Å². The van der Waals surface area contributed by atoms with Crippen molar-refractivity contribution in [2.45, 2.75) is 124 Å². The first-order valence-corrected chi connectivity index (χ1v) is 31.8. The number of thioether (sulfide) groups is 1. The molecule has 28 heteroatoms. The van der Waals surface area contributed by atoms with Gasteiger partial charge in [0.1, 0.15) is 36.7 Å². The van der Waals surface area contributed by atoms with Crippen molar-refractivity contribution in [1.82, 2.24) is 20.6 Å². The Morgan fingerprint density at radius 3 is 2.10 bits per heavy atom. The number of carbonyl (C=O) groups is 7. The summed E-state index contributed by atoms with van der Waals surface area (Å²) < 4.78 is 103. The third kappa shape index (κ3) is 17.0. The number of anilines is 1. The van der Waals surface area contributed by atoms with E-state index in [-0.39, 0.29) is 110 Å². The van der Waals surface area contributed by atoms with Crippen LogP contribution in [0.2, 0.25) is 0 Å². The highest BCUT2D eigenvalue weighted by molar-refractivity contribution is 8.00.